The lowest BCUT2D eigenvalue weighted by molar-refractivity contribution is 0.0339. The lowest BCUT2D eigenvalue weighted by Crippen LogP contribution is -2.36. The minimum Gasteiger partial charge on any atom is -0.478 e. The minimum atomic E-state index is -0.934. The van der Waals surface area contributed by atoms with Gasteiger partial charge >= 0.3 is 5.97 Å². The molecule has 0 saturated carbocycles. The highest BCUT2D eigenvalue weighted by Crippen LogP contribution is 2.18. The summed E-state index contributed by atoms with van der Waals surface area (Å²) in [5.74, 6) is -0.934. The molecule has 0 unspecified atom stereocenters. The summed E-state index contributed by atoms with van der Waals surface area (Å²) in [6.07, 6.45) is 0. The van der Waals surface area contributed by atoms with Crippen LogP contribution in [0.3, 0.4) is 0 Å². The fourth-order valence-electron chi connectivity index (χ4n) is 1.89. The fraction of sp³-hybridized carbons (Fsp3) is 0.417. The SMILES string of the molecule is O=C(O)c1cc(Cl)ccc1CN1CCOCC1. The molecule has 0 aromatic heterocycles. The van der Waals surface area contributed by atoms with Crippen LogP contribution >= 0.6 is 11.6 Å². The van der Waals surface area contributed by atoms with Gasteiger partial charge in [-0.15, -0.1) is 0 Å². The predicted octanol–water partition coefficient (Wildman–Crippen LogP) is 1.87. The Morgan fingerprint density at radius 1 is 1.41 bits per heavy atom. The summed E-state index contributed by atoms with van der Waals surface area (Å²) in [6, 6.07) is 5.00. The predicted molar refractivity (Wildman–Crippen MR) is 64.5 cm³/mol. The van der Waals surface area contributed by atoms with E-state index >= 15 is 0 Å². The molecule has 0 spiro atoms. The summed E-state index contributed by atoms with van der Waals surface area (Å²) in [7, 11) is 0. The summed E-state index contributed by atoms with van der Waals surface area (Å²) >= 11 is 5.81. The van der Waals surface area contributed by atoms with Crippen LogP contribution in [0.15, 0.2) is 18.2 Å². The molecule has 1 heterocycles. The average Bonchev–Trinajstić information content (AvgIpc) is 2.32. The fourth-order valence-corrected chi connectivity index (χ4v) is 2.06. The van der Waals surface area contributed by atoms with Crippen molar-refractivity contribution in [3.63, 3.8) is 0 Å². The minimum absolute atomic E-state index is 0.281. The van der Waals surface area contributed by atoms with Gasteiger partial charge in [-0.1, -0.05) is 17.7 Å². The number of ether oxygens (including phenoxy) is 1. The number of halogens is 1. The quantitative estimate of drug-likeness (QED) is 0.896. The first kappa shape index (κ1) is 12.4. The molecule has 0 aliphatic carbocycles. The van der Waals surface area contributed by atoms with Crippen LogP contribution in [-0.4, -0.2) is 42.3 Å². The zero-order valence-electron chi connectivity index (χ0n) is 9.36. The summed E-state index contributed by atoms with van der Waals surface area (Å²) in [4.78, 5) is 13.3. The number of rotatable bonds is 3. The Bertz CT molecular complexity index is 416. The van der Waals surface area contributed by atoms with Crippen LogP contribution in [-0.2, 0) is 11.3 Å². The molecule has 5 heteroatoms. The van der Waals surface area contributed by atoms with Crippen molar-refractivity contribution in [2.75, 3.05) is 26.3 Å². The molecule has 1 aliphatic heterocycles. The maximum absolute atomic E-state index is 11.1. The van der Waals surface area contributed by atoms with Gasteiger partial charge in [0.15, 0.2) is 0 Å². The average molecular weight is 256 g/mol. The molecule has 1 aromatic rings. The highest BCUT2D eigenvalue weighted by Gasteiger charge is 2.15. The molecule has 92 valence electrons. The Morgan fingerprint density at radius 3 is 2.76 bits per heavy atom. The Morgan fingerprint density at radius 2 is 2.12 bits per heavy atom. The van der Waals surface area contributed by atoms with Crippen molar-refractivity contribution < 1.29 is 14.6 Å². The van der Waals surface area contributed by atoms with Crippen molar-refractivity contribution >= 4 is 17.6 Å². The van der Waals surface area contributed by atoms with Gasteiger partial charge in [0.2, 0.25) is 0 Å². The number of hydrogen-bond acceptors (Lipinski definition) is 3. The molecule has 4 nitrogen and oxygen atoms in total. The van der Waals surface area contributed by atoms with E-state index in [1.165, 1.54) is 6.07 Å². The topological polar surface area (TPSA) is 49.8 Å². The van der Waals surface area contributed by atoms with Crippen LogP contribution in [0.4, 0.5) is 0 Å². The molecule has 0 amide bonds. The van der Waals surface area contributed by atoms with E-state index in [0.717, 1.165) is 18.7 Å². The molecule has 0 atom stereocenters. The monoisotopic (exact) mass is 255 g/mol. The second-order valence-corrected chi connectivity index (χ2v) is 4.43. The van der Waals surface area contributed by atoms with Crippen molar-refractivity contribution in [1.29, 1.82) is 0 Å². The summed E-state index contributed by atoms with van der Waals surface area (Å²) in [5, 5.41) is 9.57. The van der Waals surface area contributed by atoms with Gasteiger partial charge in [-0.2, -0.15) is 0 Å². The number of carboxylic acid groups (broad SMARTS) is 1. The van der Waals surface area contributed by atoms with Gasteiger partial charge in [-0.25, -0.2) is 4.79 Å². The lowest BCUT2D eigenvalue weighted by atomic mass is 10.1. The maximum Gasteiger partial charge on any atom is 0.336 e. The van der Waals surface area contributed by atoms with Crippen molar-refractivity contribution in [2.45, 2.75) is 6.54 Å². The van der Waals surface area contributed by atoms with E-state index in [4.69, 9.17) is 21.4 Å². The van der Waals surface area contributed by atoms with Crippen LogP contribution in [0.2, 0.25) is 5.02 Å². The highest BCUT2D eigenvalue weighted by molar-refractivity contribution is 6.30. The smallest absolute Gasteiger partial charge is 0.336 e. The van der Waals surface area contributed by atoms with E-state index in [9.17, 15) is 4.79 Å². The maximum atomic E-state index is 11.1. The third-order valence-corrected chi connectivity index (χ3v) is 3.04. The molecule has 0 radical (unpaired) electrons. The Hall–Kier alpha value is -1.10. The van der Waals surface area contributed by atoms with Crippen molar-refractivity contribution in [2.24, 2.45) is 0 Å². The van der Waals surface area contributed by atoms with Gasteiger partial charge in [0, 0.05) is 24.7 Å². The van der Waals surface area contributed by atoms with Crippen molar-refractivity contribution in [3.8, 4) is 0 Å². The number of nitrogens with zero attached hydrogens (tertiary/aromatic N) is 1. The molecule has 17 heavy (non-hydrogen) atoms. The number of carbonyl (C=O) groups is 1. The first-order valence-corrected chi connectivity index (χ1v) is 5.86. The van der Waals surface area contributed by atoms with Crippen LogP contribution in [0.5, 0.6) is 0 Å². The van der Waals surface area contributed by atoms with E-state index < -0.39 is 5.97 Å². The van der Waals surface area contributed by atoms with Gasteiger partial charge in [-0.05, 0) is 17.7 Å². The zero-order valence-corrected chi connectivity index (χ0v) is 10.1. The second-order valence-electron chi connectivity index (χ2n) is 4.00. The molecule has 1 saturated heterocycles. The number of benzene rings is 1. The van der Waals surface area contributed by atoms with E-state index in [1.54, 1.807) is 12.1 Å². The Labute approximate surface area is 105 Å². The molecular formula is C12H14ClNO3. The van der Waals surface area contributed by atoms with Gasteiger partial charge in [0.1, 0.15) is 0 Å². The number of morpholine rings is 1. The van der Waals surface area contributed by atoms with Crippen LogP contribution < -0.4 is 0 Å². The van der Waals surface area contributed by atoms with Crippen molar-refractivity contribution in [1.82, 2.24) is 4.90 Å². The van der Waals surface area contributed by atoms with Gasteiger partial charge in [0.05, 0.1) is 18.8 Å². The largest absolute Gasteiger partial charge is 0.478 e. The lowest BCUT2D eigenvalue weighted by Gasteiger charge is -2.27. The first-order chi connectivity index (χ1) is 8.16. The standard InChI is InChI=1S/C12H14ClNO3/c13-10-2-1-9(11(7-10)12(15)16)8-14-3-5-17-6-4-14/h1-2,7H,3-6,8H2,(H,15,16). The van der Waals surface area contributed by atoms with Gasteiger partial charge < -0.3 is 9.84 Å². The number of carboxylic acids is 1. The molecule has 1 N–H and O–H groups in total. The Balaban J connectivity index is 2.16. The molecule has 0 bridgehead atoms. The van der Waals surface area contributed by atoms with Gasteiger partial charge in [0.25, 0.3) is 0 Å². The second kappa shape index (κ2) is 5.49. The van der Waals surface area contributed by atoms with E-state index in [0.29, 0.717) is 24.8 Å². The number of aromatic carboxylic acids is 1. The summed E-state index contributed by atoms with van der Waals surface area (Å²) in [5.41, 5.74) is 1.08. The summed E-state index contributed by atoms with van der Waals surface area (Å²) < 4.78 is 5.26. The molecule has 1 aromatic carbocycles. The normalized spacial score (nSPS) is 17.0. The van der Waals surface area contributed by atoms with Gasteiger partial charge in [-0.3, -0.25) is 4.90 Å². The van der Waals surface area contributed by atoms with Crippen molar-refractivity contribution in [3.05, 3.63) is 34.3 Å². The van der Waals surface area contributed by atoms with E-state index in [-0.39, 0.29) is 5.56 Å². The van der Waals surface area contributed by atoms with Crippen LogP contribution in [0.1, 0.15) is 15.9 Å². The molecule has 1 aliphatic rings. The highest BCUT2D eigenvalue weighted by atomic mass is 35.5. The van der Waals surface area contributed by atoms with E-state index in [2.05, 4.69) is 4.90 Å². The van der Waals surface area contributed by atoms with E-state index in [1.807, 2.05) is 0 Å². The third-order valence-electron chi connectivity index (χ3n) is 2.80. The molecular weight excluding hydrogens is 242 g/mol. The number of hydrogen-bond donors (Lipinski definition) is 1. The third kappa shape index (κ3) is 3.19. The molecule has 1 fully saturated rings. The first-order valence-electron chi connectivity index (χ1n) is 5.48. The molecule has 2 rings (SSSR count). The Kier molecular flexibility index (Phi) is 3.99. The van der Waals surface area contributed by atoms with Crippen LogP contribution in [0, 0.1) is 0 Å². The van der Waals surface area contributed by atoms with Crippen LogP contribution in [0.25, 0.3) is 0 Å². The summed E-state index contributed by atoms with van der Waals surface area (Å²) in [6.45, 7) is 3.71. The zero-order chi connectivity index (χ0) is 12.3.